The molecule has 2 N–H and O–H groups in total. The smallest absolute Gasteiger partial charge is 0.150 e. The van der Waals surface area contributed by atoms with Gasteiger partial charge >= 0.3 is 0 Å². The predicted molar refractivity (Wildman–Crippen MR) is 65.3 cm³/mol. The first kappa shape index (κ1) is 12.0. The highest BCUT2D eigenvalue weighted by Gasteiger charge is 2.32. The van der Waals surface area contributed by atoms with Crippen LogP contribution in [0.1, 0.15) is 17.1 Å². The summed E-state index contributed by atoms with van der Waals surface area (Å²) in [5, 5.41) is 3.03. The molecule has 90 valence electrons. The van der Waals surface area contributed by atoms with Gasteiger partial charge in [-0.1, -0.05) is 0 Å². The zero-order chi connectivity index (χ0) is 11.8. The summed E-state index contributed by atoms with van der Waals surface area (Å²) in [4.78, 5) is 4.35. The minimum absolute atomic E-state index is 0.0845. The molecule has 0 saturated carbocycles. The summed E-state index contributed by atoms with van der Waals surface area (Å²) < 4.78 is 22.7. The fourth-order valence-electron chi connectivity index (χ4n) is 2.07. The van der Waals surface area contributed by atoms with Crippen LogP contribution in [0.3, 0.4) is 0 Å². The van der Waals surface area contributed by atoms with Crippen LogP contribution in [0, 0.1) is 12.8 Å². The summed E-state index contributed by atoms with van der Waals surface area (Å²) in [6.07, 6.45) is 1.39. The van der Waals surface area contributed by atoms with Crippen molar-refractivity contribution in [2.24, 2.45) is 11.7 Å². The zero-order valence-corrected chi connectivity index (χ0v) is 10.9. The highest BCUT2D eigenvalue weighted by molar-refractivity contribution is 7.91. The molecule has 1 fully saturated rings. The third-order valence-electron chi connectivity index (χ3n) is 2.98. The summed E-state index contributed by atoms with van der Waals surface area (Å²) in [6, 6.07) is -0.0845. The fraction of sp³-hybridized carbons (Fsp3) is 0.700. The Morgan fingerprint density at radius 3 is 2.94 bits per heavy atom. The van der Waals surface area contributed by atoms with Crippen LogP contribution >= 0.6 is 11.3 Å². The first-order chi connectivity index (χ1) is 7.46. The lowest BCUT2D eigenvalue weighted by atomic mass is 9.96. The lowest BCUT2D eigenvalue weighted by Gasteiger charge is -2.16. The molecule has 16 heavy (non-hydrogen) atoms. The molecule has 1 aromatic rings. The minimum Gasteiger partial charge on any atom is -0.327 e. The molecule has 2 rings (SSSR count). The van der Waals surface area contributed by atoms with E-state index >= 15 is 0 Å². The maximum atomic E-state index is 11.3. The molecule has 2 unspecified atom stereocenters. The number of hydrogen-bond acceptors (Lipinski definition) is 5. The molecular weight excluding hydrogens is 244 g/mol. The van der Waals surface area contributed by atoms with Crippen molar-refractivity contribution in [1.29, 1.82) is 0 Å². The van der Waals surface area contributed by atoms with E-state index in [1.807, 2.05) is 12.3 Å². The standard InChI is InChI=1S/C10H16N2O2S2/c1-7-12-9(5-15-7)4-10(11)8-2-3-16(13,14)6-8/h5,8,10H,2-4,6,11H2,1H3. The van der Waals surface area contributed by atoms with E-state index in [1.165, 1.54) is 0 Å². The quantitative estimate of drug-likeness (QED) is 0.870. The van der Waals surface area contributed by atoms with Crippen molar-refractivity contribution in [3.8, 4) is 0 Å². The van der Waals surface area contributed by atoms with Gasteiger partial charge < -0.3 is 5.73 Å². The van der Waals surface area contributed by atoms with E-state index in [0.717, 1.165) is 10.7 Å². The zero-order valence-electron chi connectivity index (χ0n) is 9.22. The molecule has 0 spiro atoms. The van der Waals surface area contributed by atoms with Gasteiger partial charge in [0.2, 0.25) is 0 Å². The van der Waals surface area contributed by atoms with E-state index in [0.29, 0.717) is 18.6 Å². The van der Waals surface area contributed by atoms with Gasteiger partial charge in [0.05, 0.1) is 22.2 Å². The lowest BCUT2D eigenvalue weighted by molar-refractivity contribution is 0.458. The van der Waals surface area contributed by atoms with Crippen LogP contribution in [-0.2, 0) is 16.3 Å². The second-order valence-corrected chi connectivity index (χ2v) is 7.68. The molecule has 6 heteroatoms. The van der Waals surface area contributed by atoms with Crippen LogP contribution in [0.2, 0.25) is 0 Å². The minimum atomic E-state index is -2.83. The molecule has 0 amide bonds. The van der Waals surface area contributed by atoms with Crippen LogP contribution in [0.4, 0.5) is 0 Å². The third kappa shape index (κ3) is 2.81. The van der Waals surface area contributed by atoms with Crippen LogP contribution in [-0.4, -0.2) is 30.9 Å². The molecule has 0 aromatic carbocycles. The Morgan fingerprint density at radius 1 is 1.69 bits per heavy atom. The van der Waals surface area contributed by atoms with Crippen LogP contribution in [0.25, 0.3) is 0 Å². The van der Waals surface area contributed by atoms with Gasteiger partial charge in [0.25, 0.3) is 0 Å². The summed E-state index contributed by atoms with van der Waals surface area (Å²) in [7, 11) is -2.83. The highest BCUT2D eigenvalue weighted by atomic mass is 32.2. The van der Waals surface area contributed by atoms with Crippen molar-refractivity contribution in [2.45, 2.75) is 25.8 Å². The van der Waals surface area contributed by atoms with Crippen molar-refractivity contribution in [1.82, 2.24) is 4.98 Å². The Balaban J connectivity index is 1.96. The molecule has 4 nitrogen and oxygen atoms in total. The number of aromatic nitrogens is 1. The Kier molecular flexibility index (Phi) is 3.32. The average molecular weight is 260 g/mol. The Labute approximate surface area is 99.8 Å². The SMILES string of the molecule is Cc1nc(CC(N)C2CCS(=O)(=O)C2)cs1. The number of aryl methyl sites for hydroxylation is 1. The number of nitrogens with zero attached hydrogens (tertiary/aromatic N) is 1. The Bertz CT molecular complexity index is 467. The largest absolute Gasteiger partial charge is 0.327 e. The fourth-order valence-corrected chi connectivity index (χ4v) is 4.59. The van der Waals surface area contributed by atoms with Crippen molar-refractivity contribution in [3.05, 3.63) is 16.1 Å². The summed E-state index contributed by atoms with van der Waals surface area (Å²) in [5.74, 6) is 0.644. The van der Waals surface area contributed by atoms with Crippen molar-refractivity contribution >= 4 is 21.2 Å². The van der Waals surface area contributed by atoms with E-state index in [-0.39, 0.29) is 17.7 Å². The third-order valence-corrected chi connectivity index (χ3v) is 5.60. The van der Waals surface area contributed by atoms with Gasteiger partial charge in [0, 0.05) is 17.8 Å². The van der Waals surface area contributed by atoms with Crippen molar-refractivity contribution < 1.29 is 8.42 Å². The Hall–Kier alpha value is -0.460. The second-order valence-electron chi connectivity index (χ2n) is 4.39. The first-order valence-corrected chi connectivity index (χ1v) is 8.03. The first-order valence-electron chi connectivity index (χ1n) is 5.33. The number of hydrogen-bond donors (Lipinski definition) is 1. The summed E-state index contributed by atoms with van der Waals surface area (Å²) >= 11 is 1.60. The van der Waals surface area contributed by atoms with Gasteiger partial charge in [0.15, 0.2) is 9.84 Å². The highest BCUT2D eigenvalue weighted by Crippen LogP contribution is 2.23. The van der Waals surface area contributed by atoms with Crippen molar-refractivity contribution in [3.63, 3.8) is 0 Å². The molecule has 1 aliphatic rings. The van der Waals surface area contributed by atoms with Crippen LogP contribution in [0.5, 0.6) is 0 Å². The number of sulfone groups is 1. The molecule has 2 heterocycles. The normalized spacial score (nSPS) is 25.8. The lowest BCUT2D eigenvalue weighted by Crippen LogP contribution is -2.33. The van der Waals surface area contributed by atoms with Gasteiger partial charge in [-0.3, -0.25) is 0 Å². The molecule has 1 saturated heterocycles. The van der Waals surface area contributed by atoms with E-state index < -0.39 is 9.84 Å². The maximum absolute atomic E-state index is 11.3. The molecule has 0 radical (unpaired) electrons. The topological polar surface area (TPSA) is 73.0 Å². The number of nitrogens with two attached hydrogens (primary N) is 1. The molecule has 1 aliphatic heterocycles. The van der Waals surface area contributed by atoms with Crippen LogP contribution in [0.15, 0.2) is 5.38 Å². The average Bonchev–Trinajstić information content (AvgIpc) is 2.72. The summed E-state index contributed by atoms with van der Waals surface area (Å²) in [6.45, 7) is 1.96. The molecule has 0 aliphatic carbocycles. The van der Waals surface area contributed by atoms with Gasteiger partial charge in [-0.05, 0) is 19.3 Å². The maximum Gasteiger partial charge on any atom is 0.150 e. The van der Waals surface area contributed by atoms with Crippen LogP contribution < -0.4 is 5.73 Å². The number of rotatable bonds is 3. The molecular formula is C10H16N2O2S2. The molecule has 1 aromatic heterocycles. The van der Waals surface area contributed by atoms with Crippen molar-refractivity contribution in [2.75, 3.05) is 11.5 Å². The van der Waals surface area contributed by atoms with Gasteiger partial charge in [0.1, 0.15) is 0 Å². The molecule has 0 bridgehead atoms. The summed E-state index contributed by atoms with van der Waals surface area (Å²) in [5.41, 5.74) is 7.03. The van der Waals surface area contributed by atoms with E-state index in [4.69, 9.17) is 5.73 Å². The Morgan fingerprint density at radius 2 is 2.44 bits per heavy atom. The van der Waals surface area contributed by atoms with E-state index in [2.05, 4.69) is 4.98 Å². The van der Waals surface area contributed by atoms with E-state index in [1.54, 1.807) is 11.3 Å². The van der Waals surface area contributed by atoms with Gasteiger partial charge in [-0.15, -0.1) is 11.3 Å². The predicted octanol–water partition coefficient (Wildman–Crippen LogP) is 0.756. The van der Waals surface area contributed by atoms with Gasteiger partial charge in [-0.25, -0.2) is 13.4 Å². The van der Waals surface area contributed by atoms with E-state index in [9.17, 15) is 8.42 Å². The second kappa shape index (κ2) is 4.43. The molecule has 2 atom stereocenters. The van der Waals surface area contributed by atoms with Gasteiger partial charge in [-0.2, -0.15) is 0 Å². The monoisotopic (exact) mass is 260 g/mol. The number of thiazole rings is 1.